The first-order valence-electron chi connectivity index (χ1n) is 15.5. The standard InChI is InChI=1S/C30H60N6O6/c1-28(2,3)40-25(37)31-13-22-34-16-10-18-35(23-14-32-26(38)41-29(4,5)6)20-12-21-36(19-11-17-34)24-15-33-27(39)42-30(7,8)9/h10-24H2,1-9H3,(H,31,37)(H,32,38)(H,33,39). The van der Waals surface area contributed by atoms with Gasteiger partial charge in [-0.05, 0) is 121 Å². The zero-order valence-electron chi connectivity index (χ0n) is 27.9. The molecular weight excluding hydrogens is 540 g/mol. The fourth-order valence-electron chi connectivity index (χ4n) is 4.45. The number of hydrogen-bond donors (Lipinski definition) is 3. The van der Waals surface area contributed by atoms with Crippen LogP contribution in [0.5, 0.6) is 0 Å². The summed E-state index contributed by atoms with van der Waals surface area (Å²) >= 11 is 0. The van der Waals surface area contributed by atoms with E-state index in [1.807, 2.05) is 62.3 Å². The summed E-state index contributed by atoms with van der Waals surface area (Å²) < 4.78 is 16.1. The maximum absolute atomic E-state index is 12.1. The lowest BCUT2D eigenvalue weighted by Gasteiger charge is -2.30. The summed E-state index contributed by atoms with van der Waals surface area (Å²) in [5, 5.41) is 8.61. The molecule has 0 radical (unpaired) electrons. The van der Waals surface area contributed by atoms with Crippen molar-refractivity contribution in [1.29, 1.82) is 0 Å². The monoisotopic (exact) mass is 600 g/mol. The third-order valence-electron chi connectivity index (χ3n) is 6.13. The highest BCUT2D eigenvalue weighted by atomic mass is 16.6. The molecule has 0 aromatic rings. The number of carbonyl (C=O) groups is 3. The lowest BCUT2D eigenvalue weighted by molar-refractivity contribution is 0.0512. The molecule has 1 aliphatic heterocycles. The van der Waals surface area contributed by atoms with Crippen LogP contribution in [-0.2, 0) is 14.2 Å². The van der Waals surface area contributed by atoms with E-state index in [4.69, 9.17) is 14.2 Å². The summed E-state index contributed by atoms with van der Waals surface area (Å²) in [4.78, 5) is 43.4. The van der Waals surface area contributed by atoms with Crippen molar-refractivity contribution >= 4 is 18.3 Å². The Morgan fingerprint density at radius 2 is 0.690 bits per heavy atom. The minimum atomic E-state index is -0.527. The van der Waals surface area contributed by atoms with Crippen LogP contribution in [0.3, 0.4) is 0 Å². The average molecular weight is 601 g/mol. The molecule has 0 aliphatic carbocycles. The van der Waals surface area contributed by atoms with Gasteiger partial charge in [-0.25, -0.2) is 14.4 Å². The number of alkyl carbamates (subject to hydrolysis) is 3. The fraction of sp³-hybridized carbons (Fsp3) is 0.900. The van der Waals surface area contributed by atoms with E-state index in [1.165, 1.54) is 0 Å². The summed E-state index contributed by atoms with van der Waals surface area (Å²) in [7, 11) is 0. The van der Waals surface area contributed by atoms with Crippen LogP contribution in [0.4, 0.5) is 14.4 Å². The van der Waals surface area contributed by atoms with Gasteiger partial charge in [0.05, 0.1) is 0 Å². The highest BCUT2D eigenvalue weighted by Crippen LogP contribution is 2.09. The summed E-state index contributed by atoms with van der Waals surface area (Å²) in [6, 6.07) is 0. The normalized spacial score (nSPS) is 17.4. The van der Waals surface area contributed by atoms with Crippen molar-refractivity contribution < 1.29 is 28.6 Å². The van der Waals surface area contributed by atoms with Gasteiger partial charge in [-0.2, -0.15) is 0 Å². The Hall–Kier alpha value is -2.31. The van der Waals surface area contributed by atoms with Crippen LogP contribution in [0.2, 0.25) is 0 Å². The quantitative estimate of drug-likeness (QED) is 0.340. The van der Waals surface area contributed by atoms with Gasteiger partial charge in [-0.15, -0.1) is 0 Å². The lowest BCUT2D eigenvalue weighted by atomic mass is 10.2. The van der Waals surface area contributed by atoms with Crippen LogP contribution in [0.15, 0.2) is 0 Å². The van der Waals surface area contributed by atoms with Gasteiger partial charge in [0, 0.05) is 39.3 Å². The average Bonchev–Trinajstić information content (AvgIpc) is 2.78. The molecule has 1 rings (SSSR count). The highest BCUT2D eigenvalue weighted by molar-refractivity contribution is 5.68. The minimum Gasteiger partial charge on any atom is -0.444 e. The van der Waals surface area contributed by atoms with E-state index >= 15 is 0 Å². The Labute approximate surface area is 254 Å². The van der Waals surface area contributed by atoms with Gasteiger partial charge < -0.3 is 44.9 Å². The molecule has 42 heavy (non-hydrogen) atoms. The second-order valence-electron chi connectivity index (χ2n) is 13.9. The highest BCUT2D eigenvalue weighted by Gasteiger charge is 2.19. The van der Waals surface area contributed by atoms with Gasteiger partial charge in [-0.3, -0.25) is 0 Å². The zero-order valence-corrected chi connectivity index (χ0v) is 27.9. The molecule has 1 fully saturated rings. The first-order chi connectivity index (χ1) is 19.4. The molecule has 0 aromatic heterocycles. The zero-order chi connectivity index (χ0) is 31.8. The second kappa shape index (κ2) is 18.4. The Morgan fingerprint density at radius 1 is 0.476 bits per heavy atom. The number of amides is 3. The molecule has 0 bridgehead atoms. The van der Waals surface area contributed by atoms with Crippen molar-refractivity contribution in [3.8, 4) is 0 Å². The molecule has 246 valence electrons. The topological polar surface area (TPSA) is 125 Å². The van der Waals surface area contributed by atoms with E-state index in [9.17, 15) is 14.4 Å². The van der Waals surface area contributed by atoms with Crippen molar-refractivity contribution in [3.63, 3.8) is 0 Å². The fourth-order valence-corrected chi connectivity index (χ4v) is 4.45. The maximum atomic E-state index is 12.1. The molecular formula is C30H60N6O6. The summed E-state index contributed by atoms with van der Waals surface area (Å²) in [6.45, 7) is 25.9. The summed E-state index contributed by atoms with van der Waals surface area (Å²) in [5.74, 6) is 0. The number of hydrogen-bond acceptors (Lipinski definition) is 9. The van der Waals surface area contributed by atoms with Gasteiger partial charge in [0.25, 0.3) is 0 Å². The van der Waals surface area contributed by atoms with Crippen LogP contribution >= 0.6 is 0 Å². The Bertz CT molecular complexity index is 689. The van der Waals surface area contributed by atoms with Crippen molar-refractivity contribution in [2.45, 2.75) is 98.4 Å². The first kappa shape index (κ1) is 37.7. The lowest BCUT2D eigenvalue weighted by Crippen LogP contribution is -2.43. The van der Waals surface area contributed by atoms with E-state index in [0.717, 1.165) is 78.2 Å². The third-order valence-corrected chi connectivity index (χ3v) is 6.13. The van der Waals surface area contributed by atoms with Crippen LogP contribution in [0, 0.1) is 0 Å². The van der Waals surface area contributed by atoms with Crippen LogP contribution in [0.25, 0.3) is 0 Å². The van der Waals surface area contributed by atoms with Crippen molar-refractivity contribution in [2.75, 3.05) is 78.5 Å². The summed E-state index contributed by atoms with van der Waals surface area (Å²) in [5.41, 5.74) is -1.58. The van der Waals surface area contributed by atoms with Crippen LogP contribution < -0.4 is 16.0 Å². The number of rotatable bonds is 9. The van der Waals surface area contributed by atoms with Crippen LogP contribution in [-0.4, -0.2) is 128 Å². The molecule has 1 aliphatic rings. The van der Waals surface area contributed by atoms with E-state index in [-0.39, 0.29) is 0 Å². The van der Waals surface area contributed by atoms with Gasteiger partial charge in [0.15, 0.2) is 0 Å². The van der Waals surface area contributed by atoms with Crippen molar-refractivity contribution in [2.24, 2.45) is 0 Å². The molecule has 0 aromatic carbocycles. The van der Waals surface area contributed by atoms with E-state index in [1.54, 1.807) is 0 Å². The molecule has 3 N–H and O–H groups in total. The molecule has 0 saturated carbocycles. The Morgan fingerprint density at radius 3 is 0.881 bits per heavy atom. The molecule has 1 heterocycles. The van der Waals surface area contributed by atoms with Gasteiger partial charge in [0.2, 0.25) is 0 Å². The molecule has 0 atom stereocenters. The van der Waals surface area contributed by atoms with Gasteiger partial charge in [0.1, 0.15) is 16.8 Å². The number of nitrogens with zero attached hydrogens (tertiary/aromatic N) is 3. The first-order valence-corrected chi connectivity index (χ1v) is 15.5. The van der Waals surface area contributed by atoms with Crippen molar-refractivity contribution in [1.82, 2.24) is 30.7 Å². The predicted octanol–water partition coefficient (Wildman–Crippen LogP) is 3.65. The largest absolute Gasteiger partial charge is 0.444 e. The second-order valence-corrected chi connectivity index (χ2v) is 13.9. The number of ether oxygens (including phenoxy) is 3. The molecule has 3 amide bonds. The van der Waals surface area contributed by atoms with Gasteiger partial charge >= 0.3 is 18.3 Å². The molecule has 12 nitrogen and oxygen atoms in total. The molecule has 0 spiro atoms. The SMILES string of the molecule is CC(C)(C)OC(=O)NCCN1CCCN(CCNC(=O)OC(C)(C)C)CCCN(CCNC(=O)OC(C)(C)C)CCC1. The molecule has 0 unspecified atom stereocenters. The molecule has 1 saturated heterocycles. The predicted molar refractivity (Wildman–Crippen MR) is 166 cm³/mol. The molecule has 12 heteroatoms. The van der Waals surface area contributed by atoms with Crippen LogP contribution in [0.1, 0.15) is 81.6 Å². The van der Waals surface area contributed by atoms with E-state index in [2.05, 4.69) is 30.7 Å². The van der Waals surface area contributed by atoms with E-state index in [0.29, 0.717) is 19.6 Å². The minimum absolute atomic E-state index is 0.399. The van der Waals surface area contributed by atoms with Crippen molar-refractivity contribution in [3.05, 3.63) is 0 Å². The van der Waals surface area contributed by atoms with E-state index < -0.39 is 35.1 Å². The van der Waals surface area contributed by atoms with Gasteiger partial charge in [-0.1, -0.05) is 0 Å². The Balaban J connectivity index is 2.72. The maximum Gasteiger partial charge on any atom is 0.407 e. The Kier molecular flexibility index (Phi) is 16.5. The number of carbonyl (C=O) groups excluding carboxylic acids is 3. The summed E-state index contributed by atoms with van der Waals surface area (Å²) in [6.07, 6.45) is 1.77. The smallest absolute Gasteiger partial charge is 0.407 e. The third kappa shape index (κ3) is 21.4. The number of nitrogens with one attached hydrogen (secondary N) is 3.